The third-order valence-electron chi connectivity index (χ3n) is 4.37. The molecule has 2 aromatic carbocycles. The van der Waals surface area contributed by atoms with E-state index in [4.69, 9.17) is 4.74 Å². The summed E-state index contributed by atoms with van der Waals surface area (Å²) >= 11 is 0. The van der Waals surface area contributed by atoms with Crippen LogP contribution in [0, 0.1) is 5.92 Å². The van der Waals surface area contributed by atoms with Crippen LogP contribution in [0.25, 0.3) is 0 Å². The molecule has 0 spiro atoms. The third-order valence-corrected chi connectivity index (χ3v) is 4.37. The van der Waals surface area contributed by atoms with Crippen molar-refractivity contribution >= 4 is 11.4 Å². The second-order valence-corrected chi connectivity index (χ2v) is 6.19. The number of para-hydroxylation sites is 1. The summed E-state index contributed by atoms with van der Waals surface area (Å²) in [6.07, 6.45) is -12.0. The van der Waals surface area contributed by atoms with Gasteiger partial charge in [-0.25, -0.2) is 0 Å². The normalized spacial score (nSPS) is 14.4. The van der Waals surface area contributed by atoms with E-state index in [0.717, 1.165) is 0 Å². The fraction of sp³-hybridized carbons (Fsp3) is 0.316. The molecule has 0 aliphatic heterocycles. The number of hydrogen-bond donors (Lipinski definition) is 2. The van der Waals surface area contributed by atoms with Gasteiger partial charge in [-0.2, -0.15) is 31.4 Å². The Kier molecular flexibility index (Phi) is 6.46. The van der Waals surface area contributed by atoms with Crippen LogP contribution in [0.15, 0.2) is 59.7 Å². The molecule has 4 nitrogen and oxygen atoms in total. The second kappa shape index (κ2) is 8.32. The van der Waals surface area contributed by atoms with Crippen molar-refractivity contribution < 1.29 is 36.2 Å². The first-order valence-electron chi connectivity index (χ1n) is 8.30. The summed E-state index contributed by atoms with van der Waals surface area (Å²) in [5.41, 5.74) is -2.90. The summed E-state index contributed by atoms with van der Waals surface area (Å²) in [6.45, 7) is 0.622. The monoisotopic (exact) mass is 420 g/mol. The quantitative estimate of drug-likeness (QED) is 0.393. The second-order valence-electron chi connectivity index (χ2n) is 6.19. The van der Waals surface area contributed by atoms with Crippen molar-refractivity contribution in [1.29, 1.82) is 0 Å². The van der Waals surface area contributed by atoms with Crippen LogP contribution < -0.4 is 10.2 Å². The summed E-state index contributed by atoms with van der Waals surface area (Å²) in [5, 5.41) is 13.6. The predicted octanol–water partition coefficient (Wildman–Crippen LogP) is 5.00. The van der Waals surface area contributed by atoms with Gasteiger partial charge in [0, 0.05) is 5.92 Å². The lowest BCUT2D eigenvalue weighted by atomic mass is 9.81. The lowest BCUT2D eigenvalue weighted by Gasteiger charge is -2.37. The number of ether oxygens (including phenoxy) is 1. The zero-order valence-electron chi connectivity index (χ0n) is 15.3. The molecule has 158 valence electrons. The molecule has 0 aromatic heterocycles. The standard InChI is InChI=1S/C19H18F6N2O2/c1-12(17(28,18(20,21)22)19(23,24)25)16(13-8-10-15(29-2)11-9-13)27-26-14-6-4-3-5-7-14/h3-12,26,28H,1-2H3/b27-16+. The minimum atomic E-state index is -5.98. The van der Waals surface area contributed by atoms with E-state index in [1.807, 2.05) is 0 Å². The Balaban J connectivity index is 2.58. The number of hydrogen-bond acceptors (Lipinski definition) is 4. The first-order valence-corrected chi connectivity index (χ1v) is 8.30. The van der Waals surface area contributed by atoms with Crippen LogP contribution in [0.4, 0.5) is 32.0 Å². The Morgan fingerprint density at radius 2 is 1.45 bits per heavy atom. The average Bonchev–Trinajstić information content (AvgIpc) is 2.66. The highest BCUT2D eigenvalue weighted by atomic mass is 19.4. The fourth-order valence-electron chi connectivity index (χ4n) is 2.66. The van der Waals surface area contributed by atoms with Gasteiger partial charge in [-0.05, 0) is 42.0 Å². The smallest absolute Gasteiger partial charge is 0.426 e. The zero-order valence-corrected chi connectivity index (χ0v) is 15.3. The molecule has 2 aromatic rings. The number of aliphatic hydroxyl groups is 1. The van der Waals surface area contributed by atoms with E-state index < -0.39 is 29.6 Å². The van der Waals surface area contributed by atoms with Crippen molar-refractivity contribution in [3.05, 3.63) is 60.2 Å². The maximum absolute atomic E-state index is 13.3. The number of nitrogens with zero attached hydrogens (tertiary/aromatic N) is 1. The van der Waals surface area contributed by atoms with E-state index in [2.05, 4.69) is 10.5 Å². The highest BCUT2D eigenvalue weighted by molar-refractivity contribution is 6.03. The molecule has 10 heteroatoms. The minimum absolute atomic E-state index is 0.0475. The molecule has 0 saturated heterocycles. The Labute approximate surface area is 162 Å². The van der Waals surface area contributed by atoms with Crippen LogP contribution in [0.2, 0.25) is 0 Å². The molecule has 1 unspecified atom stereocenters. The molecule has 0 bridgehead atoms. The molecule has 29 heavy (non-hydrogen) atoms. The lowest BCUT2D eigenvalue weighted by molar-refractivity contribution is -0.376. The van der Waals surface area contributed by atoms with Gasteiger partial charge in [-0.15, -0.1) is 0 Å². The number of anilines is 1. The van der Waals surface area contributed by atoms with E-state index in [1.54, 1.807) is 18.2 Å². The maximum atomic E-state index is 13.3. The number of alkyl halides is 6. The lowest BCUT2D eigenvalue weighted by Crippen LogP contribution is -2.62. The molecule has 2 rings (SSSR count). The molecule has 0 aliphatic carbocycles. The van der Waals surface area contributed by atoms with Crippen LogP contribution in [0.3, 0.4) is 0 Å². The van der Waals surface area contributed by atoms with Gasteiger partial charge < -0.3 is 9.84 Å². The average molecular weight is 420 g/mol. The first-order chi connectivity index (χ1) is 13.4. The predicted molar refractivity (Wildman–Crippen MR) is 95.8 cm³/mol. The van der Waals surface area contributed by atoms with Crippen molar-refractivity contribution in [2.45, 2.75) is 24.9 Å². The molecule has 0 saturated carbocycles. The summed E-state index contributed by atoms with van der Waals surface area (Å²) < 4.78 is 85.0. The third kappa shape index (κ3) is 4.64. The number of benzene rings is 2. The summed E-state index contributed by atoms with van der Waals surface area (Å²) in [5.74, 6) is -2.13. The number of rotatable bonds is 6. The van der Waals surface area contributed by atoms with Crippen molar-refractivity contribution in [3.8, 4) is 5.75 Å². The van der Waals surface area contributed by atoms with Crippen molar-refractivity contribution in [1.82, 2.24) is 0 Å². The molecular formula is C19H18F6N2O2. The summed E-state index contributed by atoms with van der Waals surface area (Å²) in [7, 11) is 1.36. The Bertz CT molecular complexity index is 819. The Morgan fingerprint density at radius 1 is 0.931 bits per heavy atom. The number of hydrazone groups is 1. The van der Waals surface area contributed by atoms with E-state index in [-0.39, 0.29) is 5.56 Å². The molecule has 0 radical (unpaired) electrons. The number of methoxy groups -OCH3 is 1. The number of nitrogens with one attached hydrogen (secondary N) is 1. The minimum Gasteiger partial charge on any atom is -0.497 e. The van der Waals surface area contributed by atoms with Gasteiger partial charge in [0.05, 0.1) is 18.5 Å². The van der Waals surface area contributed by atoms with Gasteiger partial charge in [0.25, 0.3) is 5.60 Å². The van der Waals surface area contributed by atoms with Crippen LogP contribution in [-0.2, 0) is 0 Å². The molecule has 0 heterocycles. The van der Waals surface area contributed by atoms with Gasteiger partial charge in [-0.3, -0.25) is 5.43 Å². The summed E-state index contributed by atoms with van der Waals surface area (Å²) in [6, 6.07) is 13.2. The van der Waals surface area contributed by atoms with Gasteiger partial charge in [-0.1, -0.05) is 25.1 Å². The van der Waals surface area contributed by atoms with E-state index in [1.165, 1.54) is 43.5 Å². The first kappa shape index (κ1) is 22.5. The van der Waals surface area contributed by atoms with Gasteiger partial charge in [0.2, 0.25) is 0 Å². The maximum Gasteiger partial charge on any atom is 0.426 e. The van der Waals surface area contributed by atoms with E-state index in [9.17, 15) is 31.4 Å². The molecule has 0 amide bonds. The van der Waals surface area contributed by atoms with Crippen molar-refractivity contribution in [2.24, 2.45) is 11.0 Å². The zero-order chi connectivity index (χ0) is 21.9. The van der Waals surface area contributed by atoms with Gasteiger partial charge in [0.1, 0.15) is 5.75 Å². The fourth-order valence-corrected chi connectivity index (χ4v) is 2.66. The Hall–Kier alpha value is -2.75. The van der Waals surface area contributed by atoms with Crippen LogP contribution in [0.5, 0.6) is 5.75 Å². The van der Waals surface area contributed by atoms with E-state index in [0.29, 0.717) is 18.4 Å². The van der Waals surface area contributed by atoms with Crippen molar-refractivity contribution in [2.75, 3.05) is 12.5 Å². The molecule has 1 atom stereocenters. The van der Waals surface area contributed by atoms with Crippen molar-refractivity contribution in [3.63, 3.8) is 0 Å². The largest absolute Gasteiger partial charge is 0.497 e. The topological polar surface area (TPSA) is 53.8 Å². The highest BCUT2D eigenvalue weighted by Crippen LogP contribution is 2.48. The van der Waals surface area contributed by atoms with Gasteiger partial charge >= 0.3 is 12.4 Å². The molecule has 0 aliphatic rings. The van der Waals surface area contributed by atoms with Crippen LogP contribution in [-0.4, -0.2) is 35.9 Å². The van der Waals surface area contributed by atoms with Gasteiger partial charge in [0.15, 0.2) is 0 Å². The molecule has 2 N–H and O–H groups in total. The highest BCUT2D eigenvalue weighted by Gasteiger charge is 2.73. The molecular weight excluding hydrogens is 402 g/mol. The van der Waals surface area contributed by atoms with Crippen LogP contribution in [0.1, 0.15) is 12.5 Å². The molecule has 0 fully saturated rings. The van der Waals surface area contributed by atoms with E-state index >= 15 is 0 Å². The summed E-state index contributed by atoms with van der Waals surface area (Å²) in [4.78, 5) is 0. The van der Waals surface area contributed by atoms with Crippen LogP contribution >= 0.6 is 0 Å². The Morgan fingerprint density at radius 3 is 1.90 bits per heavy atom. The number of halogens is 6. The SMILES string of the molecule is COc1ccc(/C(=N/Nc2ccccc2)C(C)C(O)(C(F)(F)F)C(F)(F)F)cc1.